The average Bonchev–Trinajstić information content (AvgIpc) is 1.99. The van der Waals surface area contributed by atoms with E-state index in [9.17, 15) is 0 Å². The van der Waals surface area contributed by atoms with Crippen molar-refractivity contribution in [3.8, 4) is 0 Å². The second-order valence-electron chi connectivity index (χ2n) is 4.20. The summed E-state index contributed by atoms with van der Waals surface area (Å²) in [6.45, 7) is 5.60. The van der Waals surface area contributed by atoms with Crippen molar-refractivity contribution in [2.75, 3.05) is 12.3 Å². The first-order chi connectivity index (χ1) is 5.72. The highest BCUT2D eigenvalue weighted by Gasteiger charge is 2.23. The quantitative estimate of drug-likeness (QED) is 0.734. The summed E-state index contributed by atoms with van der Waals surface area (Å²) >= 11 is 2.08. The van der Waals surface area contributed by atoms with Crippen LogP contribution in [0, 0.1) is 11.8 Å². The minimum absolute atomic E-state index is 0.837. The number of hydrogen-bond acceptors (Lipinski definition) is 2. The summed E-state index contributed by atoms with van der Waals surface area (Å²) in [6.07, 6.45) is 4.25. The van der Waals surface area contributed by atoms with Crippen LogP contribution >= 0.6 is 11.8 Å². The predicted octanol–water partition coefficient (Wildman–Crippen LogP) is 2.50. The SMILES string of the molecule is CC1CC(C)CC(SCCN)C1. The zero-order chi connectivity index (χ0) is 8.97. The van der Waals surface area contributed by atoms with E-state index in [1.807, 2.05) is 0 Å². The van der Waals surface area contributed by atoms with Crippen molar-refractivity contribution >= 4 is 11.8 Å². The summed E-state index contributed by atoms with van der Waals surface area (Å²) in [5.74, 6) is 3.01. The van der Waals surface area contributed by atoms with Gasteiger partial charge in [0, 0.05) is 17.5 Å². The van der Waals surface area contributed by atoms with Crippen molar-refractivity contribution in [1.29, 1.82) is 0 Å². The van der Waals surface area contributed by atoms with Crippen molar-refractivity contribution in [3.05, 3.63) is 0 Å². The van der Waals surface area contributed by atoms with Crippen LogP contribution in [-0.2, 0) is 0 Å². The third-order valence-corrected chi connectivity index (χ3v) is 3.93. The third-order valence-electron chi connectivity index (χ3n) is 2.61. The van der Waals surface area contributed by atoms with Crippen molar-refractivity contribution in [2.45, 2.75) is 38.4 Å². The van der Waals surface area contributed by atoms with Gasteiger partial charge in [0.05, 0.1) is 0 Å². The standard InChI is InChI=1S/C10H21NS/c1-8-5-9(2)7-10(6-8)12-4-3-11/h8-10H,3-7,11H2,1-2H3. The molecule has 0 heterocycles. The third kappa shape index (κ3) is 3.36. The van der Waals surface area contributed by atoms with Crippen LogP contribution in [0.1, 0.15) is 33.1 Å². The molecule has 1 aliphatic carbocycles. The van der Waals surface area contributed by atoms with Crippen molar-refractivity contribution in [2.24, 2.45) is 17.6 Å². The number of rotatable bonds is 3. The van der Waals surface area contributed by atoms with E-state index in [2.05, 4.69) is 25.6 Å². The van der Waals surface area contributed by atoms with Gasteiger partial charge in [-0.2, -0.15) is 11.8 Å². The van der Waals surface area contributed by atoms with Crippen LogP contribution in [-0.4, -0.2) is 17.5 Å². The number of hydrogen-bond donors (Lipinski definition) is 1. The molecule has 1 fully saturated rings. The molecule has 0 saturated heterocycles. The molecule has 1 saturated carbocycles. The molecule has 2 N–H and O–H groups in total. The van der Waals surface area contributed by atoms with Gasteiger partial charge in [0.2, 0.25) is 0 Å². The summed E-state index contributed by atoms with van der Waals surface area (Å²) in [4.78, 5) is 0. The summed E-state index contributed by atoms with van der Waals surface area (Å²) in [5, 5.41) is 0.896. The molecule has 0 aromatic rings. The largest absolute Gasteiger partial charge is 0.330 e. The average molecular weight is 187 g/mol. The molecule has 2 unspecified atom stereocenters. The summed E-state index contributed by atoms with van der Waals surface area (Å²) in [5.41, 5.74) is 5.49. The molecule has 0 aromatic carbocycles. The van der Waals surface area contributed by atoms with Crippen molar-refractivity contribution in [1.82, 2.24) is 0 Å². The lowest BCUT2D eigenvalue weighted by atomic mass is 9.83. The molecule has 0 spiro atoms. The lowest BCUT2D eigenvalue weighted by Crippen LogP contribution is -2.22. The summed E-state index contributed by atoms with van der Waals surface area (Å²) in [6, 6.07) is 0. The zero-order valence-corrected chi connectivity index (χ0v) is 9.07. The Balaban J connectivity index is 2.24. The van der Waals surface area contributed by atoms with Gasteiger partial charge in [0.25, 0.3) is 0 Å². The molecule has 0 bridgehead atoms. The van der Waals surface area contributed by atoms with E-state index in [1.54, 1.807) is 0 Å². The smallest absolute Gasteiger partial charge is 0.00586 e. The van der Waals surface area contributed by atoms with E-state index in [0.717, 1.165) is 29.4 Å². The lowest BCUT2D eigenvalue weighted by Gasteiger charge is -2.30. The molecule has 0 aliphatic heterocycles. The molecule has 12 heavy (non-hydrogen) atoms. The van der Waals surface area contributed by atoms with E-state index in [-0.39, 0.29) is 0 Å². The van der Waals surface area contributed by atoms with Crippen LogP contribution in [0.3, 0.4) is 0 Å². The monoisotopic (exact) mass is 187 g/mol. The van der Waals surface area contributed by atoms with Gasteiger partial charge in [0.15, 0.2) is 0 Å². The normalized spacial score (nSPS) is 36.8. The molecule has 0 amide bonds. The van der Waals surface area contributed by atoms with E-state index >= 15 is 0 Å². The highest BCUT2D eigenvalue weighted by molar-refractivity contribution is 7.99. The highest BCUT2D eigenvalue weighted by Crippen LogP contribution is 2.34. The molecule has 1 rings (SSSR count). The molecule has 2 heteroatoms. The molecule has 2 atom stereocenters. The predicted molar refractivity (Wildman–Crippen MR) is 57.5 cm³/mol. The van der Waals surface area contributed by atoms with Gasteiger partial charge in [-0.15, -0.1) is 0 Å². The maximum absolute atomic E-state index is 5.49. The Morgan fingerprint density at radius 2 is 1.75 bits per heavy atom. The van der Waals surface area contributed by atoms with Crippen molar-refractivity contribution < 1.29 is 0 Å². The van der Waals surface area contributed by atoms with Crippen LogP contribution in [0.2, 0.25) is 0 Å². The number of thioether (sulfide) groups is 1. The fourth-order valence-corrected chi connectivity index (χ4v) is 3.64. The Morgan fingerprint density at radius 1 is 1.17 bits per heavy atom. The summed E-state index contributed by atoms with van der Waals surface area (Å²) in [7, 11) is 0. The van der Waals surface area contributed by atoms with E-state index in [1.165, 1.54) is 19.3 Å². The van der Waals surface area contributed by atoms with Gasteiger partial charge in [-0.25, -0.2) is 0 Å². The van der Waals surface area contributed by atoms with Crippen molar-refractivity contribution in [3.63, 3.8) is 0 Å². The van der Waals surface area contributed by atoms with Crippen LogP contribution in [0.15, 0.2) is 0 Å². The first-order valence-corrected chi connectivity index (χ1v) is 6.09. The zero-order valence-electron chi connectivity index (χ0n) is 8.25. The molecular weight excluding hydrogens is 166 g/mol. The van der Waals surface area contributed by atoms with Crippen LogP contribution in [0.4, 0.5) is 0 Å². The Kier molecular flexibility index (Phi) is 4.44. The van der Waals surface area contributed by atoms with Crippen LogP contribution in [0.5, 0.6) is 0 Å². The second-order valence-corrected chi connectivity index (χ2v) is 5.61. The minimum atomic E-state index is 0.837. The molecule has 1 nitrogen and oxygen atoms in total. The minimum Gasteiger partial charge on any atom is -0.330 e. The molecular formula is C10H21NS. The van der Waals surface area contributed by atoms with Gasteiger partial charge < -0.3 is 5.73 Å². The maximum atomic E-state index is 5.49. The molecule has 1 aliphatic rings. The van der Waals surface area contributed by atoms with Gasteiger partial charge in [0.1, 0.15) is 0 Å². The maximum Gasteiger partial charge on any atom is 0.00586 e. The van der Waals surface area contributed by atoms with Gasteiger partial charge >= 0.3 is 0 Å². The Hall–Kier alpha value is 0.310. The Labute approximate surface area is 80.5 Å². The first kappa shape index (κ1) is 10.4. The highest BCUT2D eigenvalue weighted by atomic mass is 32.2. The molecule has 72 valence electrons. The lowest BCUT2D eigenvalue weighted by molar-refractivity contribution is 0.309. The van der Waals surface area contributed by atoms with E-state index in [0.29, 0.717) is 0 Å². The fraction of sp³-hybridized carbons (Fsp3) is 1.00. The molecule has 0 radical (unpaired) electrons. The van der Waals surface area contributed by atoms with Gasteiger partial charge in [-0.3, -0.25) is 0 Å². The summed E-state index contributed by atoms with van der Waals surface area (Å²) < 4.78 is 0. The Morgan fingerprint density at radius 3 is 2.25 bits per heavy atom. The van der Waals surface area contributed by atoms with Gasteiger partial charge in [-0.1, -0.05) is 13.8 Å². The molecule has 0 aromatic heterocycles. The van der Waals surface area contributed by atoms with Crippen LogP contribution in [0.25, 0.3) is 0 Å². The topological polar surface area (TPSA) is 26.0 Å². The van der Waals surface area contributed by atoms with E-state index in [4.69, 9.17) is 5.73 Å². The fourth-order valence-electron chi connectivity index (χ4n) is 2.24. The second kappa shape index (κ2) is 5.13. The Bertz CT molecular complexity index is 117. The van der Waals surface area contributed by atoms with E-state index < -0.39 is 0 Å². The van der Waals surface area contributed by atoms with Gasteiger partial charge in [-0.05, 0) is 31.1 Å². The first-order valence-electron chi connectivity index (χ1n) is 5.04. The van der Waals surface area contributed by atoms with Crippen LogP contribution < -0.4 is 5.73 Å². The number of nitrogens with two attached hydrogens (primary N) is 1.